The molecule has 0 aliphatic rings. The van der Waals surface area contributed by atoms with Crippen molar-refractivity contribution < 1.29 is 28.6 Å². The number of carbonyl (C=O) groups is 3. The van der Waals surface area contributed by atoms with E-state index in [0.29, 0.717) is 19.3 Å². The van der Waals surface area contributed by atoms with E-state index < -0.39 is 6.10 Å². The molecule has 0 bridgehead atoms. The second-order valence-electron chi connectivity index (χ2n) is 22.0. The molecule has 432 valence electrons. The van der Waals surface area contributed by atoms with Crippen molar-refractivity contribution in [1.82, 2.24) is 0 Å². The van der Waals surface area contributed by atoms with Crippen LogP contribution in [0.3, 0.4) is 0 Å². The van der Waals surface area contributed by atoms with Crippen molar-refractivity contribution in [2.75, 3.05) is 13.2 Å². The van der Waals surface area contributed by atoms with Gasteiger partial charge in [-0.3, -0.25) is 14.4 Å². The minimum Gasteiger partial charge on any atom is -0.462 e. The van der Waals surface area contributed by atoms with Crippen LogP contribution in [0.25, 0.3) is 0 Å². The van der Waals surface area contributed by atoms with E-state index in [-0.39, 0.29) is 31.1 Å². The Hall–Kier alpha value is -2.63. The van der Waals surface area contributed by atoms with Gasteiger partial charge in [-0.2, -0.15) is 0 Å². The van der Waals surface area contributed by atoms with Gasteiger partial charge in [0.25, 0.3) is 0 Å². The average Bonchev–Trinajstić information content (AvgIpc) is 3.40. The molecule has 74 heavy (non-hydrogen) atoms. The summed E-state index contributed by atoms with van der Waals surface area (Å²) in [4.78, 5) is 38.2. The van der Waals surface area contributed by atoms with Gasteiger partial charge in [0, 0.05) is 19.3 Å². The summed E-state index contributed by atoms with van der Waals surface area (Å²) in [5.41, 5.74) is 0. The minimum absolute atomic E-state index is 0.0742. The molecule has 1 atom stereocenters. The number of rotatable bonds is 60. The fraction of sp³-hybridized carbons (Fsp3) is 0.838. The predicted molar refractivity (Wildman–Crippen MR) is 321 cm³/mol. The molecular weight excluding hydrogens is 913 g/mol. The lowest BCUT2D eigenvalue weighted by Crippen LogP contribution is -2.30. The number of hydrogen-bond donors (Lipinski definition) is 0. The molecule has 0 radical (unpaired) electrons. The van der Waals surface area contributed by atoms with Gasteiger partial charge in [-0.05, 0) is 77.0 Å². The van der Waals surface area contributed by atoms with Gasteiger partial charge in [0.2, 0.25) is 0 Å². The lowest BCUT2D eigenvalue weighted by molar-refractivity contribution is -0.167. The Morgan fingerprint density at radius 1 is 0.270 bits per heavy atom. The highest BCUT2D eigenvalue weighted by Gasteiger charge is 2.19. The standard InChI is InChI=1S/C68H124O6/c1-4-7-10-13-16-19-22-25-26-27-28-29-30-31-32-33-34-35-36-37-38-39-40-41-42-44-46-49-52-55-58-61-67(70)73-64-65(63-72-66(69)60-57-54-51-48-45-24-21-18-15-12-9-6-3)74-68(71)62-59-56-53-50-47-43-23-20-17-14-11-8-5-2/h11,14,20,22-23,25,27-28,65H,4-10,12-13,15-19,21,24,26,29-64H2,1-3H3/b14-11-,23-20-,25-22-,28-27-. The molecule has 0 aromatic heterocycles. The number of allylic oxidation sites excluding steroid dienone is 8. The zero-order chi connectivity index (χ0) is 53.6. The molecule has 0 rings (SSSR count). The predicted octanol–water partition coefficient (Wildman–Crippen LogP) is 22.2. The molecule has 0 saturated heterocycles. The maximum atomic E-state index is 12.8. The Morgan fingerprint density at radius 3 is 0.797 bits per heavy atom. The molecule has 0 amide bonds. The smallest absolute Gasteiger partial charge is 0.306 e. The first-order valence-electron chi connectivity index (χ1n) is 32.6. The molecule has 0 heterocycles. The van der Waals surface area contributed by atoms with E-state index in [9.17, 15) is 14.4 Å². The minimum atomic E-state index is -0.776. The molecular formula is C68H124O6. The van der Waals surface area contributed by atoms with Crippen molar-refractivity contribution >= 4 is 17.9 Å². The normalized spacial score (nSPS) is 12.3. The summed E-state index contributed by atoms with van der Waals surface area (Å²) in [6.45, 7) is 6.59. The van der Waals surface area contributed by atoms with E-state index in [2.05, 4.69) is 69.4 Å². The van der Waals surface area contributed by atoms with E-state index in [0.717, 1.165) is 96.3 Å². The first kappa shape index (κ1) is 71.4. The Kier molecular flexibility index (Phi) is 60.7. The number of ether oxygens (including phenoxy) is 3. The van der Waals surface area contributed by atoms with Gasteiger partial charge in [0.05, 0.1) is 0 Å². The van der Waals surface area contributed by atoms with Crippen LogP contribution in [-0.2, 0) is 28.6 Å². The molecule has 6 nitrogen and oxygen atoms in total. The van der Waals surface area contributed by atoms with E-state index >= 15 is 0 Å². The number of carbonyl (C=O) groups excluding carboxylic acids is 3. The van der Waals surface area contributed by atoms with Crippen molar-refractivity contribution in [1.29, 1.82) is 0 Å². The fourth-order valence-corrected chi connectivity index (χ4v) is 9.63. The van der Waals surface area contributed by atoms with E-state index in [1.807, 2.05) is 0 Å². The second kappa shape index (κ2) is 62.9. The van der Waals surface area contributed by atoms with Gasteiger partial charge in [0.1, 0.15) is 13.2 Å². The van der Waals surface area contributed by atoms with Gasteiger partial charge in [0.15, 0.2) is 6.10 Å². The van der Waals surface area contributed by atoms with Crippen LogP contribution in [0.5, 0.6) is 0 Å². The van der Waals surface area contributed by atoms with Gasteiger partial charge in [-0.15, -0.1) is 0 Å². The Morgan fingerprint density at radius 2 is 0.514 bits per heavy atom. The lowest BCUT2D eigenvalue weighted by atomic mass is 10.0. The van der Waals surface area contributed by atoms with Crippen molar-refractivity contribution in [2.24, 2.45) is 0 Å². The first-order valence-corrected chi connectivity index (χ1v) is 32.6. The molecule has 0 fully saturated rings. The van der Waals surface area contributed by atoms with E-state index in [1.54, 1.807) is 0 Å². The lowest BCUT2D eigenvalue weighted by Gasteiger charge is -2.18. The summed E-state index contributed by atoms with van der Waals surface area (Å²) in [7, 11) is 0. The largest absolute Gasteiger partial charge is 0.462 e. The van der Waals surface area contributed by atoms with Gasteiger partial charge in [-0.1, -0.05) is 301 Å². The zero-order valence-electron chi connectivity index (χ0n) is 49.6. The van der Waals surface area contributed by atoms with Crippen LogP contribution in [0, 0.1) is 0 Å². The van der Waals surface area contributed by atoms with Gasteiger partial charge in [-0.25, -0.2) is 0 Å². The van der Waals surface area contributed by atoms with E-state index in [1.165, 1.54) is 212 Å². The zero-order valence-corrected chi connectivity index (χ0v) is 49.6. The van der Waals surface area contributed by atoms with Crippen LogP contribution in [0.15, 0.2) is 48.6 Å². The molecule has 0 aliphatic carbocycles. The van der Waals surface area contributed by atoms with Crippen molar-refractivity contribution in [3.63, 3.8) is 0 Å². The summed E-state index contributed by atoms with van der Waals surface area (Å²) in [6, 6.07) is 0. The highest BCUT2D eigenvalue weighted by molar-refractivity contribution is 5.71. The summed E-state index contributed by atoms with van der Waals surface area (Å²) >= 11 is 0. The van der Waals surface area contributed by atoms with Crippen LogP contribution in [-0.4, -0.2) is 37.2 Å². The molecule has 0 spiro atoms. The third-order valence-corrected chi connectivity index (χ3v) is 14.5. The van der Waals surface area contributed by atoms with Crippen molar-refractivity contribution in [2.45, 2.75) is 354 Å². The molecule has 6 heteroatoms. The summed E-state index contributed by atoms with van der Waals surface area (Å²) in [6.07, 6.45) is 78.6. The Balaban J connectivity index is 4.09. The maximum absolute atomic E-state index is 12.8. The number of hydrogen-bond acceptors (Lipinski definition) is 6. The van der Waals surface area contributed by atoms with Crippen molar-refractivity contribution in [3.05, 3.63) is 48.6 Å². The summed E-state index contributed by atoms with van der Waals surface area (Å²) in [5.74, 6) is -0.870. The fourth-order valence-electron chi connectivity index (χ4n) is 9.63. The molecule has 0 aromatic rings. The molecule has 0 saturated carbocycles. The van der Waals surface area contributed by atoms with Crippen LogP contribution in [0.1, 0.15) is 348 Å². The highest BCUT2D eigenvalue weighted by Crippen LogP contribution is 2.17. The topological polar surface area (TPSA) is 78.9 Å². The van der Waals surface area contributed by atoms with Crippen molar-refractivity contribution in [3.8, 4) is 0 Å². The molecule has 0 N–H and O–H groups in total. The summed E-state index contributed by atoms with van der Waals surface area (Å²) in [5, 5.41) is 0. The summed E-state index contributed by atoms with van der Waals surface area (Å²) < 4.78 is 16.9. The maximum Gasteiger partial charge on any atom is 0.306 e. The average molecular weight is 1040 g/mol. The van der Waals surface area contributed by atoms with E-state index in [4.69, 9.17) is 14.2 Å². The molecule has 0 aliphatic heterocycles. The molecule has 0 aromatic carbocycles. The van der Waals surface area contributed by atoms with Gasteiger partial charge < -0.3 is 14.2 Å². The van der Waals surface area contributed by atoms with Crippen LogP contribution in [0.2, 0.25) is 0 Å². The number of esters is 3. The molecule has 1 unspecified atom stereocenters. The first-order chi connectivity index (χ1) is 36.5. The quantitative estimate of drug-likeness (QED) is 0.0261. The highest BCUT2D eigenvalue weighted by atomic mass is 16.6. The second-order valence-corrected chi connectivity index (χ2v) is 22.0. The Labute approximate surface area is 460 Å². The SMILES string of the molecule is CCC/C=C\C/C=C\CCCCCCCC(=O)OC(COC(=O)CCCCCCCCCCCCCC)COC(=O)CCCCCCCCCCCCCCCCCCCCC/C=C\C/C=C\CCCCCCC. The Bertz CT molecular complexity index is 1280. The van der Waals surface area contributed by atoms with Gasteiger partial charge >= 0.3 is 17.9 Å². The van der Waals surface area contributed by atoms with Crippen LogP contribution >= 0.6 is 0 Å². The monoisotopic (exact) mass is 1040 g/mol. The van der Waals surface area contributed by atoms with Crippen LogP contribution < -0.4 is 0 Å². The third-order valence-electron chi connectivity index (χ3n) is 14.5. The van der Waals surface area contributed by atoms with Crippen LogP contribution in [0.4, 0.5) is 0 Å². The third kappa shape index (κ3) is 60.2. The number of unbranched alkanes of at least 4 members (excludes halogenated alkanes) is 41.